The van der Waals surface area contributed by atoms with Crippen molar-refractivity contribution in [2.45, 2.75) is 53.1 Å². The van der Waals surface area contributed by atoms with Crippen molar-refractivity contribution < 1.29 is 4.52 Å². The fourth-order valence-corrected chi connectivity index (χ4v) is 3.23. The van der Waals surface area contributed by atoms with E-state index in [9.17, 15) is 0 Å². The minimum absolute atomic E-state index is 0.188. The normalized spacial score (nSPS) is 13.8. The molecule has 1 N–H and O–H groups in total. The van der Waals surface area contributed by atoms with Gasteiger partial charge in [0, 0.05) is 35.1 Å². The van der Waals surface area contributed by atoms with E-state index in [1.165, 1.54) is 11.1 Å². The second-order valence-corrected chi connectivity index (χ2v) is 6.58. The first-order valence-electron chi connectivity index (χ1n) is 8.61. The molecule has 3 heterocycles. The van der Waals surface area contributed by atoms with Gasteiger partial charge in [0.1, 0.15) is 5.76 Å². The first-order chi connectivity index (χ1) is 12.0. The molecule has 0 aliphatic carbocycles. The third-order valence-corrected chi connectivity index (χ3v) is 4.61. The van der Waals surface area contributed by atoms with E-state index in [0.717, 1.165) is 29.4 Å². The standard InChI is InChI=1S/C19H25N5O/c1-12(10-17-14(3)23-25-16(17)5)22-13(2)18-11-21-24(15(18)4)19-8-6-7-9-20-19/h6-9,11-13,22H,10H2,1-5H3/t12-,13+/m0/s1. The number of hydrogen-bond donors (Lipinski definition) is 1. The maximum Gasteiger partial charge on any atom is 0.153 e. The van der Waals surface area contributed by atoms with Crippen LogP contribution in [0.5, 0.6) is 0 Å². The van der Waals surface area contributed by atoms with Gasteiger partial charge in [-0.1, -0.05) is 11.2 Å². The zero-order chi connectivity index (χ0) is 18.0. The van der Waals surface area contributed by atoms with Gasteiger partial charge in [-0.05, 0) is 53.2 Å². The fourth-order valence-electron chi connectivity index (χ4n) is 3.23. The zero-order valence-electron chi connectivity index (χ0n) is 15.4. The average Bonchev–Trinajstić information content (AvgIpc) is 3.13. The Morgan fingerprint density at radius 2 is 2.00 bits per heavy atom. The molecule has 132 valence electrons. The first-order valence-corrected chi connectivity index (χ1v) is 8.61. The van der Waals surface area contributed by atoms with Crippen molar-refractivity contribution in [1.29, 1.82) is 0 Å². The number of rotatable bonds is 6. The van der Waals surface area contributed by atoms with Gasteiger partial charge < -0.3 is 9.84 Å². The second-order valence-electron chi connectivity index (χ2n) is 6.58. The van der Waals surface area contributed by atoms with Crippen LogP contribution < -0.4 is 5.32 Å². The largest absolute Gasteiger partial charge is 0.361 e. The molecule has 0 radical (unpaired) electrons. The number of hydrogen-bond acceptors (Lipinski definition) is 5. The van der Waals surface area contributed by atoms with Crippen molar-refractivity contribution in [1.82, 2.24) is 25.2 Å². The van der Waals surface area contributed by atoms with Crippen LogP contribution in [0.25, 0.3) is 5.82 Å². The van der Waals surface area contributed by atoms with Crippen molar-refractivity contribution in [2.24, 2.45) is 0 Å². The van der Waals surface area contributed by atoms with Crippen molar-refractivity contribution in [3.63, 3.8) is 0 Å². The highest BCUT2D eigenvalue weighted by atomic mass is 16.5. The molecular formula is C19H25N5O. The minimum atomic E-state index is 0.188. The number of nitrogens with one attached hydrogen (secondary N) is 1. The van der Waals surface area contributed by atoms with Crippen LogP contribution in [-0.2, 0) is 6.42 Å². The van der Waals surface area contributed by atoms with Crippen molar-refractivity contribution in [3.05, 3.63) is 58.9 Å². The van der Waals surface area contributed by atoms with Gasteiger partial charge in [-0.25, -0.2) is 9.67 Å². The molecule has 2 atom stereocenters. The van der Waals surface area contributed by atoms with E-state index in [1.807, 2.05) is 42.9 Å². The summed E-state index contributed by atoms with van der Waals surface area (Å²) >= 11 is 0. The lowest BCUT2D eigenvalue weighted by Gasteiger charge is -2.20. The second kappa shape index (κ2) is 7.19. The van der Waals surface area contributed by atoms with Crippen molar-refractivity contribution in [2.75, 3.05) is 0 Å². The van der Waals surface area contributed by atoms with Crippen LogP contribution in [0.15, 0.2) is 35.1 Å². The molecule has 3 aromatic rings. The van der Waals surface area contributed by atoms with E-state index in [2.05, 4.69) is 41.3 Å². The predicted molar refractivity (Wildman–Crippen MR) is 96.8 cm³/mol. The number of aromatic nitrogens is 4. The molecule has 0 saturated carbocycles. The fraction of sp³-hybridized carbons (Fsp3) is 0.421. The molecule has 0 fully saturated rings. The molecule has 0 amide bonds. The predicted octanol–water partition coefficient (Wildman–Crippen LogP) is 3.46. The summed E-state index contributed by atoms with van der Waals surface area (Å²) in [7, 11) is 0. The van der Waals surface area contributed by atoms with Gasteiger partial charge in [-0.2, -0.15) is 5.10 Å². The van der Waals surface area contributed by atoms with Crippen LogP contribution >= 0.6 is 0 Å². The molecule has 3 aromatic heterocycles. The van der Waals surface area contributed by atoms with Crippen LogP contribution in [0.1, 0.15) is 48.2 Å². The molecule has 25 heavy (non-hydrogen) atoms. The summed E-state index contributed by atoms with van der Waals surface area (Å²) in [5.41, 5.74) is 4.44. The lowest BCUT2D eigenvalue weighted by atomic mass is 10.0. The van der Waals surface area contributed by atoms with E-state index < -0.39 is 0 Å². The quantitative estimate of drug-likeness (QED) is 0.745. The molecule has 6 heteroatoms. The van der Waals surface area contributed by atoms with Crippen LogP contribution in [0.4, 0.5) is 0 Å². The van der Waals surface area contributed by atoms with E-state index in [1.54, 1.807) is 6.20 Å². The zero-order valence-corrected chi connectivity index (χ0v) is 15.4. The molecule has 3 rings (SSSR count). The number of nitrogens with zero attached hydrogens (tertiary/aromatic N) is 4. The number of aryl methyl sites for hydroxylation is 2. The first kappa shape index (κ1) is 17.4. The molecule has 0 spiro atoms. The summed E-state index contributed by atoms with van der Waals surface area (Å²) in [6, 6.07) is 6.32. The molecule has 0 bridgehead atoms. The molecule has 0 aliphatic rings. The average molecular weight is 339 g/mol. The summed E-state index contributed by atoms with van der Waals surface area (Å²) in [5, 5.41) is 12.2. The van der Waals surface area contributed by atoms with Gasteiger partial charge in [0.2, 0.25) is 0 Å². The summed E-state index contributed by atoms with van der Waals surface area (Å²) in [6.45, 7) is 10.4. The van der Waals surface area contributed by atoms with Gasteiger partial charge in [0.25, 0.3) is 0 Å². The van der Waals surface area contributed by atoms with Gasteiger partial charge in [-0.15, -0.1) is 0 Å². The molecule has 0 unspecified atom stereocenters. The lowest BCUT2D eigenvalue weighted by Crippen LogP contribution is -2.31. The van der Waals surface area contributed by atoms with Crippen LogP contribution in [0, 0.1) is 20.8 Å². The van der Waals surface area contributed by atoms with E-state index in [0.29, 0.717) is 6.04 Å². The summed E-state index contributed by atoms with van der Waals surface area (Å²) < 4.78 is 7.14. The Morgan fingerprint density at radius 1 is 1.20 bits per heavy atom. The smallest absolute Gasteiger partial charge is 0.153 e. The Bertz CT molecular complexity index is 817. The molecule has 0 aromatic carbocycles. The summed E-state index contributed by atoms with van der Waals surface area (Å²) in [4.78, 5) is 4.38. The molecule has 6 nitrogen and oxygen atoms in total. The van der Waals surface area contributed by atoms with Crippen molar-refractivity contribution >= 4 is 0 Å². The maximum atomic E-state index is 5.26. The summed E-state index contributed by atoms with van der Waals surface area (Å²) in [5.74, 6) is 1.74. The highest BCUT2D eigenvalue weighted by molar-refractivity contribution is 5.30. The Kier molecular flexibility index (Phi) is 4.99. The maximum absolute atomic E-state index is 5.26. The van der Waals surface area contributed by atoms with Gasteiger partial charge in [-0.3, -0.25) is 0 Å². The molecule has 0 aliphatic heterocycles. The molecule has 0 saturated heterocycles. The van der Waals surface area contributed by atoms with Gasteiger partial charge >= 0.3 is 0 Å². The van der Waals surface area contributed by atoms with Gasteiger partial charge in [0.15, 0.2) is 5.82 Å². The van der Waals surface area contributed by atoms with E-state index in [-0.39, 0.29) is 6.04 Å². The van der Waals surface area contributed by atoms with Crippen LogP contribution in [-0.4, -0.2) is 26.0 Å². The third-order valence-electron chi connectivity index (χ3n) is 4.61. The molecular weight excluding hydrogens is 314 g/mol. The Hall–Kier alpha value is -2.47. The topological polar surface area (TPSA) is 68.8 Å². The minimum Gasteiger partial charge on any atom is -0.361 e. The summed E-state index contributed by atoms with van der Waals surface area (Å²) in [6.07, 6.45) is 4.59. The SMILES string of the molecule is Cc1noc(C)c1C[C@H](C)N[C@H](C)c1cnn(-c2ccccn2)c1C. The van der Waals surface area contributed by atoms with E-state index in [4.69, 9.17) is 4.52 Å². The Morgan fingerprint density at radius 3 is 2.64 bits per heavy atom. The Labute approximate surface area is 148 Å². The van der Waals surface area contributed by atoms with Crippen LogP contribution in [0.2, 0.25) is 0 Å². The lowest BCUT2D eigenvalue weighted by molar-refractivity contribution is 0.391. The monoisotopic (exact) mass is 339 g/mol. The van der Waals surface area contributed by atoms with E-state index >= 15 is 0 Å². The van der Waals surface area contributed by atoms with Crippen LogP contribution in [0.3, 0.4) is 0 Å². The highest BCUT2D eigenvalue weighted by Crippen LogP contribution is 2.21. The number of pyridine rings is 1. The van der Waals surface area contributed by atoms with Gasteiger partial charge in [0.05, 0.1) is 11.9 Å². The highest BCUT2D eigenvalue weighted by Gasteiger charge is 2.18. The Balaban J connectivity index is 1.71. The van der Waals surface area contributed by atoms with Crippen molar-refractivity contribution in [3.8, 4) is 5.82 Å². The third kappa shape index (κ3) is 3.64.